The first-order chi connectivity index (χ1) is 11.6. The number of benzene rings is 2. The SMILES string of the molecule is CCN(CC)CC(=O)NC1c2ccccc2Sc2c(C)cccc21. The highest BCUT2D eigenvalue weighted by atomic mass is 32.2. The van der Waals surface area contributed by atoms with Crippen molar-refractivity contribution in [1.29, 1.82) is 0 Å². The van der Waals surface area contributed by atoms with Crippen LogP contribution in [0.5, 0.6) is 0 Å². The second-order valence-electron chi connectivity index (χ2n) is 6.10. The van der Waals surface area contributed by atoms with E-state index < -0.39 is 0 Å². The van der Waals surface area contributed by atoms with Crippen LogP contribution in [0.3, 0.4) is 0 Å². The minimum Gasteiger partial charge on any atom is -0.344 e. The second-order valence-corrected chi connectivity index (χ2v) is 7.15. The summed E-state index contributed by atoms with van der Waals surface area (Å²) in [6, 6.07) is 14.6. The minimum atomic E-state index is -0.0691. The molecule has 0 aromatic heterocycles. The summed E-state index contributed by atoms with van der Waals surface area (Å²) < 4.78 is 0. The van der Waals surface area contributed by atoms with Crippen LogP contribution in [0.15, 0.2) is 52.3 Å². The fourth-order valence-corrected chi connectivity index (χ4v) is 4.35. The molecule has 3 rings (SSSR count). The van der Waals surface area contributed by atoms with Crippen LogP contribution >= 0.6 is 11.8 Å². The molecule has 0 saturated heterocycles. The van der Waals surface area contributed by atoms with Crippen LogP contribution in [0.4, 0.5) is 0 Å². The van der Waals surface area contributed by atoms with Gasteiger partial charge in [-0.2, -0.15) is 0 Å². The van der Waals surface area contributed by atoms with Crippen LogP contribution in [0.1, 0.15) is 36.6 Å². The molecule has 1 aliphatic rings. The van der Waals surface area contributed by atoms with Crippen molar-refractivity contribution in [2.45, 2.75) is 36.6 Å². The van der Waals surface area contributed by atoms with Crippen LogP contribution < -0.4 is 5.32 Å². The van der Waals surface area contributed by atoms with Gasteiger partial charge in [0.2, 0.25) is 5.91 Å². The molecule has 2 aromatic carbocycles. The van der Waals surface area contributed by atoms with Gasteiger partial charge in [0, 0.05) is 9.79 Å². The number of hydrogen-bond donors (Lipinski definition) is 1. The first-order valence-corrected chi connectivity index (χ1v) is 9.33. The lowest BCUT2D eigenvalue weighted by Gasteiger charge is -2.30. The number of fused-ring (bicyclic) bond motifs is 2. The summed E-state index contributed by atoms with van der Waals surface area (Å²) in [5.74, 6) is 0.0814. The average Bonchev–Trinajstić information content (AvgIpc) is 2.60. The third-order valence-corrected chi connectivity index (χ3v) is 5.92. The molecule has 2 aromatic rings. The topological polar surface area (TPSA) is 32.3 Å². The van der Waals surface area contributed by atoms with Gasteiger partial charge in [-0.3, -0.25) is 9.69 Å². The van der Waals surface area contributed by atoms with Crippen LogP contribution in [0, 0.1) is 6.92 Å². The standard InChI is InChI=1S/C20H24N2OS/c1-4-22(5-2)13-18(23)21-19-15-10-6-7-12-17(15)24-20-14(3)9-8-11-16(19)20/h6-12,19H,4-5,13H2,1-3H3,(H,21,23). The van der Waals surface area contributed by atoms with Crippen LogP contribution in [-0.2, 0) is 4.79 Å². The van der Waals surface area contributed by atoms with E-state index in [1.54, 1.807) is 11.8 Å². The van der Waals surface area contributed by atoms with E-state index in [9.17, 15) is 4.79 Å². The number of nitrogens with zero attached hydrogens (tertiary/aromatic N) is 1. The number of aryl methyl sites for hydroxylation is 1. The molecule has 0 aliphatic carbocycles. The molecular formula is C20H24N2OS. The monoisotopic (exact) mass is 340 g/mol. The Kier molecular flexibility index (Phi) is 5.27. The number of nitrogens with one attached hydrogen (secondary N) is 1. The molecule has 1 atom stereocenters. The summed E-state index contributed by atoms with van der Waals surface area (Å²) in [5.41, 5.74) is 3.65. The summed E-state index contributed by atoms with van der Waals surface area (Å²) in [4.78, 5) is 17.2. The molecule has 0 bridgehead atoms. The Hall–Kier alpha value is -1.78. The smallest absolute Gasteiger partial charge is 0.234 e. The lowest BCUT2D eigenvalue weighted by atomic mass is 9.96. The fraction of sp³-hybridized carbons (Fsp3) is 0.350. The van der Waals surface area contributed by atoms with Gasteiger partial charge in [0.25, 0.3) is 0 Å². The number of rotatable bonds is 5. The molecule has 0 fully saturated rings. The molecule has 1 heterocycles. The van der Waals surface area contributed by atoms with Crippen LogP contribution in [0.2, 0.25) is 0 Å². The van der Waals surface area contributed by atoms with Crippen molar-refractivity contribution < 1.29 is 4.79 Å². The Bertz CT molecular complexity index is 740. The van der Waals surface area contributed by atoms with Crippen molar-refractivity contribution in [2.24, 2.45) is 0 Å². The maximum absolute atomic E-state index is 12.6. The van der Waals surface area contributed by atoms with Gasteiger partial charge >= 0.3 is 0 Å². The summed E-state index contributed by atoms with van der Waals surface area (Å²) in [7, 11) is 0. The van der Waals surface area contributed by atoms with E-state index >= 15 is 0 Å². The fourth-order valence-electron chi connectivity index (χ4n) is 3.14. The lowest BCUT2D eigenvalue weighted by molar-refractivity contribution is -0.122. The van der Waals surface area contributed by atoms with Crippen LogP contribution in [-0.4, -0.2) is 30.4 Å². The number of carbonyl (C=O) groups excluding carboxylic acids is 1. The highest BCUT2D eigenvalue weighted by Crippen LogP contribution is 2.45. The normalized spacial score (nSPS) is 15.8. The lowest BCUT2D eigenvalue weighted by Crippen LogP contribution is -2.39. The van der Waals surface area contributed by atoms with Crippen molar-refractivity contribution in [2.75, 3.05) is 19.6 Å². The molecule has 3 nitrogen and oxygen atoms in total. The zero-order valence-corrected chi connectivity index (χ0v) is 15.3. The van der Waals surface area contributed by atoms with Gasteiger partial charge in [-0.25, -0.2) is 0 Å². The number of amides is 1. The summed E-state index contributed by atoms with van der Waals surface area (Å²) in [6.45, 7) is 8.52. The molecule has 1 amide bonds. The highest BCUT2D eigenvalue weighted by molar-refractivity contribution is 7.99. The molecule has 0 radical (unpaired) electrons. The predicted molar refractivity (Wildman–Crippen MR) is 99.5 cm³/mol. The van der Waals surface area contributed by atoms with E-state index in [1.807, 2.05) is 6.07 Å². The predicted octanol–water partition coefficient (Wildman–Crippen LogP) is 4.01. The van der Waals surface area contributed by atoms with E-state index in [-0.39, 0.29) is 11.9 Å². The van der Waals surface area contributed by atoms with E-state index in [0.29, 0.717) is 6.54 Å². The van der Waals surface area contributed by atoms with Gasteiger partial charge in [-0.05, 0) is 42.8 Å². The molecule has 0 spiro atoms. The third-order valence-electron chi connectivity index (χ3n) is 4.56. The molecule has 24 heavy (non-hydrogen) atoms. The molecule has 1 aliphatic heterocycles. The van der Waals surface area contributed by atoms with E-state index in [0.717, 1.165) is 13.1 Å². The third kappa shape index (κ3) is 3.35. The zero-order chi connectivity index (χ0) is 17.1. The maximum Gasteiger partial charge on any atom is 0.234 e. The molecule has 4 heteroatoms. The van der Waals surface area contributed by atoms with E-state index in [4.69, 9.17) is 0 Å². The van der Waals surface area contributed by atoms with Gasteiger partial charge in [-0.1, -0.05) is 62.0 Å². The van der Waals surface area contributed by atoms with Gasteiger partial charge in [0.05, 0.1) is 12.6 Å². The number of hydrogen-bond acceptors (Lipinski definition) is 3. The molecule has 1 unspecified atom stereocenters. The van der Waals surface area contributed by atoms with Crippen molar-refractivity contribution in [3.63, 3.8) is 0 Å². The van der Waals surface area contributed by atoms with E-state index in [2.05, 4.69) is 67.4 Å². The quantitative estimate of drug-likeness (QED) is 0.893. The van der Waals surface area contributed by atoms with Gasteiger partial charge in [-0.15, -0.1) is 0 Å². The van der Waals surface area contributed by atoms with Crippen molar-refractivity contribution >= 4 is 17.7 Å². The van der Waals surface area contributed by atoms with Gasteiger partial charge in [0.1, 0.15) is 0 Å². The van der Waals surface area contributed by atoms with Gasteiger partial charge < -0.3 is 5.32 Å². The first kappa shape index (κ1) is 17.1. The summed E-state index contributed by atoms with van der Waals surface area (Å²) >= 11 is 1.80. The minimum absolute atomic E-state index is 0.0691. The zero-order valence-electron chi connectivity index (χ0n) is 14.5. The Morgan fingerprint density at radius 3 is 2.54 bits per heavy atom. The molecule has 126 valence electrons. The van der Waals surface area contributed by atoms with E-state index in [1.165, 1.54) is 26.5 Å². The summed E-state index contributed by atoms with van der Waals surface area (Å²) in [6.07, 6.45) is 0. The molecule has 0 saturated carbocycles. The van der Waals surface area contributed by atoms with Gasteiger partial charge in [0.15, 0.2) is 0 Å². The van der Waals surface area contributed by atoms with Crippen molar-refractivity contribution in [3.05, 3.63) is 59.2 Å². The molecular weight excluding hydrogens is 316 g/mol. The average molecular weight is 340 g/mol. The van der Waals surface area contributed by atoms with Crippen LogP contribution in [0.25, 0.3) is 0 Å². The maximum atomic E-state index is 12.6. The Balaban J connectivity index is 1.92. The number of likely N-dealkylation sites (N-methyl/N-ethyl adjacent to an activating group) is 1. The largest absolute Gasteiger partial charge is 0.344 e. The first-order valence-electron chi connectivity index (χ1n) is 8.52. The molecule has 1 N–H and O–H groups in total. The van der Waals surface area contributed by atoms with Crippen molar-refractivity contribution in [3.8, 4) is 0 Å². The Labute approximate surface area is 148 Å². The Morgan fingerprint density at radius 2 is 1.79 bits per heavy atom. The second kappa shape index (κ2) is 7.41. The Morgan fingerprint density at radius 1 is 1.08 bits per heavy atom. The highest BCUT2D eigenvalue weighted by Gasteiger charge is 2.28. The summed E-state index contributed by atoms with van der Waals surface area (Å²) in [5, 5.41) is 3.26. The number of carbonyl (C=O) groups is 1. The van der Waals surface area contributed by atoms with Crippen molar-refractivity contribution in [1.82, 2.24) is 10.2 Å².